The zero-order chi connectivity index (χ0) is 26.6. The second-order valence-corrected chi connectivity index (χ2v) is 11.1. The molecule has 190 valence electrons. The third kappa shape index (κ3) is 2.62. The van der Waals surface area contributed by atoms with Crippen molar-refractivity contribution in [2.75, 3.05) is 0 Å². The van der Waals surface area contributed by atoms with Crippen LogP contribution in [0.4, 0.5) is 0 Å². The summed E-state index contributed by atoms with van der Waals surface area (Å²) in [6.45, 7) is 7.18. The van der Waals surface area contributed by atoms with Crippen LogP contribution in [0.2, 0.25) is 0 Å². The van der Waals surface area contributed by atoms with E-state index in [2.05, 4.69) is 0 Å². The number of phenols is 1. The zero-order valence-electron chi connectivity index (χ0n) is 21.5. The molecule has 37 heavy (non-hydrogen) atoms. The molecule has 1 N–H and O–H groups in total. The van der Waals surface area contributed by atoms with Crippen LogP contribution >= 0.6 is 0 Å². The molecule has 2 aliphatic carbocycles. The minimum absolute atomic E-state index is 0.0291. The lowest BCUT2D eigenvalue weighted by molar-refractivity contribution is -0.151. The number of aromatic hydroxyl groups is 1. The first-order valence-corrected chi connectivity index (χ1v) is 12.5. The minimum Gasteiger partial charge on any atom is -0.508 e. The highest BCUT2D eigenvalue weighted by Gasteiger charge is 2.67. The van der Waals surface area contributed by atoms with Gasteiger partial charge < -0.3 is 5.11 Å². The Labute approximate surface area is 213 Å². The predicted octanol–water partition coefficient (Wildman–Crippen LogP) is 3.38. The molecule has 2 aromatic carbocycles. The molecule has 0 amide bonds. The molecular weight excluding hydrogens is 470 g/mol. The van der Waals surface area contributed by atoms with Gasteiger partial charge in [-0.2, -0.15) is 0 Å². The maximum Gasteiger partial charge on any atom is 0.347 e. The molecule has 8 heteroatoms. The van der Waals surface area contributed by atoms with Gasteiger partial charge in [0.25, 0.3) is 0 Å². The summed E-state index contributed by atoms with van der Waals surface area (Å²) < 4.78 is 3.90. The van der Waals surface area contributed by atoms with E-state index < -0.39 is 34.2 Å². The number of aromatic nitrogens is 3. The van der Waals surface area contributed by atoms with Gasteiger partial charge in [0.15, 0.2) is 11.6 Å². The maximum absolute atomic E-state index is 14.3. The second-order valence-electron chi connectivity index (χ2n) is 11.1. The first kappa shape index (κ1) is 23.5. The molecule has 3 aromatic rings. The van der Waals surface area contributed by atoms with E-state index in [4.69, 9.17) is 0 Å². The van der Waals surface area contributed by atoms with Gasteiger partial charge in [-0.3, -0.25) is 9.59 Å². The van der Waals surface area contributed by atoms with Crippen LogP contribution in [0.3, 0.4) is 0 Å². The summed E-state index contributed by atoms with van der Waals surface area (Å²) >= 11 is 0. The molecule has 0 spiro atoms. The van der Waals surface area contributed by atoms with Crippen LogP contribution in [0.25, 0.3) is 10.8 Å². The van der Waals surface area contributed by atoms with Crippen LogP contribution < -0.4 is 11.4 Å². The van der Waals surface area contributed by atoms with E-state index in [1.54, 1.807) is 26.8 Å². The molecule has 0 radical (unpaired) electrons. The maximum atomic E-state index is 14.3. The molecular formula is C29H29N3O5. The third-order valence-electron chi connectivity index (χ3n) is 9.54. The van der Waals surface area contributed by atoms with E-state index in [9.17, 15) is 24.3 Å². The van der Waals surface area contributed by atoms with Gasteiger partial charge in [-0.05, 0) is 53.8 Å². The Morgan fingerprint density at radius 2 is 1.59 bits per heavy atom. The van der Waals surface area contributed by atoms with Crippen molar-refractivity contribution in [3.05, 3.63) is 85.7 Å². The molecule has 8 nitrogen and oxygen atoms in total. The van der Waals surface area contributed by atoms with Crippen molar-refractivity contribution in [1.82, 2.24) is 13.9 Å². The summed E-state index contributed by atoms with van der Waals surface area (Å²) in [6, 6.07) is 10.5. The number of benzene rings is 2. The lowest BCUT2D eigenvalue weighted by Gasteiger charge is -2.58. The summed E-state index contributed by atoms with van der Waals surface area (Å²) in [5.74, 6) is -0.939. The number of allylic oxidation sites excluding steroid dienone is 4. The summed E-state index contributed by atoms with van der Waals surface area (Å²) in [5.41, 5.74) is -1.11. The number of Topliss-reactive ketones (excluding diaryl/α,β-unsaturated/α-hetero) is 2. The number of rotatable bonds is 1. The van der Waals surface area contributed by atoms with Crippen molar-refractivity contribution < 1.29 is 14.7 Å². The van der Waals surface area contributed by atoms with Crippen LogP contribution in [0.15, 0.2) is 68.8 Å². The number of carbonyl (C=O) groups is 2. The Hall–Kier alpha value is -3.94. The quantitative estimate of drug-likeness (QED) is 0.517. The van der Waals surface area contributed by atoms with Gasteiger partial charge in [-0.15, -0.1) is 0 Å². The van der Waals surface area contributed by atoms with Gasteiger partial charge >= 0.3 is 11.4 Å². The number of ketones is 2. The van der Waals surface area contributed by atoms with Crippen molar-refractivity contribution in [2.24, 2.45) is 17.9 Å². The number of hydrogen-bond donors (Lipinski definition) is 1. The number of hydrogen-bond acceptors (Lipinski definition) is 5. The van der Waals surface area contributed by atoms with Crippen LogP contribution in [0.5, 0.6) is 5.75 Å². The van der Waals surface area contributed by atoms with E-state index in [-0.39, 0.29) is 30.3 Å². The molecule has 1 aliphatic heterocycles. The summed E-state index contributed by atoms with van der Waals surface area (Å²) in [7, 11) is 1.44. The van der Waals surface area contributed by atoms with Gasteiger partial charge in [0.1, 0.15) is 5.75 Å². The average Bonchev–Trinajstić information content (AvgIpc) is 3.11. The molecule has 0 bridgehead atoms. The lowest BCUT2D eigenvalue weighted by atomic mass is 9.43. The van der Waals surface area contributed by atoms with E-state index in [0.717, 1.165) is 20.9 Å². The van der Waals surface area contributed by atoms with Crippen LogP contribution in [-0.4, -0.2) is 30.6 Å². The fourth-order valence-electron chi connectivity index (χ4n) is 7.20. The van der Waals surface area contributed by atoms with Crippen LogP contribution in [-0.2, 0) is 23.2 Å². The summed E-state index contributed by atoms with van der Waals surface area (Å²) in [5, 5.41) is 13.0. The van der Waals surface area contributed by atoms with Crippen LogP contribution in [0.1, 0.15) is 51.6 Å². The van der Waals surface area contributed by atoms with Crippen molar-refractivity contribution in [3.63, 3.8) is 0 Å². The monoisotopic (exact) mass is 499 g/mol. The highest BCUT2D eigenvalue weighted by Crippen LogP contribution is 2.67. The van der Waals surface area contributed by atoms with Gasteiger partial charge in [-0.25, -0.2) is 23.5 Å². The predicted molar refractivity (Wildman–Crippen MR) is 139 cm³/mol. The second kappa shape index (κ2) is 7.31. The Balaban J connectivity index is 1.75. The van der Waals surface area contributed by atoms with Gasteiger partial charge in [0.05, 0.1) is 18.0 Å². The van der Waals surface area contributed by atoms with E-state index in [1.807, 2.05) is 43.3 Å². The number of fused-ring (bicyclic) bond motifs is 5. The Bertz CT molecular complexity index is 1750. The van der Waals surface area contributed by atoms with Crippen molar-refractivity contribution in [1.29, 1.82) is 0 Å². The molecule has 3 aliphatic rings. The summed E-state index contributed by atoms with van der Waals surface area (Å²) in [6.07, 6.45) is 2.09. The number of carbonyl (C=O) groups excluding carboxylic acids is 2. The zero-order valence-corrected chi connectivity index (χ0v) is 21.5. The number of phenolic OH excluding ortho intramolecular Hbond substituents is 1. The Kier molecular flexibility index (Phi) is 4.63. The fraction of sp³-hybridized carbons (Fsp3) is 0.379. The highest BCUT2D eigenvalue weighted by molar-refractivity contribution is 6.17. The average molecular weight is 500 g/mol. The molecule has 4 atom stereocenters. The Morgan fingerprint density at radius 3 is 2.32 bits per heavy atom. The molecule has 1 aromatic heterocycles. The highest BCUT2D eigenvalue weighted by atomic mass is 16.3. The molecule has 1 saturated carbocycles. The molecule has 0 saturated heterocycles. The Morgan fingerprint density at radius 1 is 0.919 bits per heavy atom. The normalized spacial score (nSPS) is 29.2. The van der Waals surface area contributed by atoms with Crippen molar-refractivity contribution in [2.45, 2.75) is 52.6 Å². The van der Waals surface area contributed by atoms with Crippen molar-refractivity contribution in [3.8, 4) is 5.75 Å². The number of nitrogens with zero attached hydrogens (tertiary/aromatic N) is 3. The van der Waals surface area contributed by atoms with E-state index in [1.165, 1.54) is 16.4 Å². The largest absolute Gasteiger partial charge is 0.508 e. The first-order valence-electron chi connectivity index (χ1n) is 12.5. The third-order valence-corrected chi connectivity index (χ3v) is 9.54. The fourth-order valence-corrected chi connectivity index (χ4v) is 7.20. The standard InChI is InChI=1S/C29H29N3O5/c1-15-16(2)25(35)29(4)23(22-18-9-7-6-8-17(18)10-11-21(22)33)19-12-13-31-26(36)30(5)27(37)32(31)20(19)14-28(29,3)24(15)34/h6-12,20,23,33H,13-14H2,1-5H3/t20-,23-,28+,29-/m1/s1. The lowest BCUT2D eigenvalue weighted by Crippen LogP contribution is -2.61. The van der Waals surface area contributed by atoms with E-state index in [0.29, 0.717) is 16.7 Å². The summed E-state index contributed by atoms with van der Waals surface area (Å²) in [4.78, 5) is 54.4. The topological polar surface area (TPSA) is 103 Å². The molecule has 0 unspecified atom stereocenters. The van der Waals surface area contributed by atoms with Gasteiger partial charge in [-0.1, -0.05) is 50.3 Å². The molecule has 2 heterocycles. The van der Waals surface area contributed by atoms with Crippen molar-refractivity contribution >= 4 is 22.3 Å². The minimum atomic E-state index is -1.22. The molecule has 6 rings (SSSR count). The van der Waals surface area contributed by atoms with Crippen LogP contribution in [0, 0.1) is 10.8 Å². The first-order chi connectivity index (χ1) is 17.4. The van der Waals surface area contributed by atoms with Gasteiger partial charge in [0.2, 0.25) is 0 Å². The van der Waals surface area contributed by atoms with Gasteiger partial charge in [0, 0.05) is 23.9 Å². The van der Waals surface area contributed by atoms with E-state index >= 15 is 0 Å². The SMILES string of the molecule is CC1=C(C)C(=O)[C@@]2(C)[C@@H](c3c(O)ccc4ccccc34)C3=CCn4c(=O)n(C)c(=O)n4[C@@H]3C[C@@]2(C)C1=O. The smallest absolute Gasteiger partial charge is 0.347 e. The molecule has 1 fully saturated rings.